The molecule has 0 aromatic rings. The molecule has 2 rings (SSSR count). The molecule has 2 aliphatic carbocycles. The van der Waals surface area contributed by atoms with Crippen molar-refractivity contribution in [3.8, 4) is 0 Å². The maximum absolute atomic E-state index is 3.68. The van der Waals surface area contributed by atoms with Gasteiger partial charge >= 0.3 is 0 Å². The van der Waals surface area contributed by atoms with Crippen LogP contribution in [-0.2, 0) is 0 Å². The van der Waals surface area contributed by atoms with Gasteiger partial charge in [0.15, 0.2) is 0 Å². The van der Waals surface area contributed by atoms with Gasteiger partial charge in [-0.05, 0) is 58.2 Å². The monoisotopic (exact) mass is 238 g/mol. The molecule has 0 aliphatic heterocycles. The van der Waals surface area contributed by atoms with E-state index in [0.717, 1.165) is 18.0 Å². The van der Waals surface area contributed by atoms with E-state index >= 15 is 0 Å². The van der Waals surface area contributed by atoms with Crippen molar-refractivity contribution in [1.82, 2.24) is 10.2 Å². The first-order chi connectivity index (χ1) is 8.25. The van der Waals surface area contributed by atoms with Crippen molar-refractivity contribution in [2.45, 2.75) is 70.4 Å². The van der Waals surface area contributed by atoms with Gasteiger partial charge in [-0.15, -0.1) is 0 Å². The summed E-state index contributed by atoms with van der Waals surface area (Å²) in [6, 6.07) is 1.72. The molecule has 100 valence electrons. The van der Waals surface area contributed by atoms with Gasteiger partial charge in [0.25, 0.3) is 0 Å². The van der Waals surface area contributed by atoms with Gasteiger partial charge in [0.1, 0.15) is 0 Å². The third-order valence-electron chi connectivity index (χ3n) is 4.69. The highest BCUT2D eigenvalue weighted by molar-refractivity contribution is 4.82. The molecule has 2 aliphatic rings. The minimum Gasteiger partial charge on any atom is -0.314 e. The first kappa shape index (κ1) is 13.4. The lowest BCUT2D eigenvalue weighted by Gasteiger charge is -2.34. The highest BCUT2D eigenvalue weighted by Crippen LogP contribution is 2.26. The number of nitrogens with zero attached hydrogens (tertiary/aromatic N) is 1. The van der Waals surface area contributed by atoms with Crippen LogP contribution in [0.2, 0.25) is 0 Å². The molecule has 0 heterocycles. The van der Waals surface area contributed by atoms with E-state index in [1.54, 1.807) is 0 Å². The third-order valence-corrected chi connectivity index (χ3v) is 4.69. The molecule has 0 aromatic carbocycles. The fourth-order valence-corrected chi connectivity index (χ4v) is 3.41. The van der Waals surface area contributed by atoms with Crippen molar-refractivity contribution < 1.29 is 0 Å². The van der Waals surface area contributed by atoms with Crippen LogP contribution in [0.25, 0.3) is 0 Å². The van der Waals surface area contributed by atoms with Crippen molar-refractivity contribution >= 4 is 0 Å². The lowest BCUT2D eigenvalue weighted by atomic mass is 9.82. The first-order valence-electron chi connectivity index (χ1n) is 7.69. The fraction of sp³-hybridized carbons (Fsp3) is 1.00. The van der Waals surface area contributed by atoms with Gasteiger partial charge in [-0.3, -0.25) is 0 Å². The van der Waals surface area contributed by atoms with E-state index in [-0.39, 0.29) is 0 Å². The Kier molecular flexibility index (Phi) is 5.30. The third kappa shape index (κ3) is 4.26. The molecule has 2 heteroatoms. The summed E-state index contributed by atoms with van der Waals surface area (Å²) in [4.78, 5) is 2.60. The van der Waals surface area contributed by atoms with E-state index in [1.807, 2.05) is 0 Å². The summed E-state index contributed by atoms with van der Waals surface area (Å²) in [5.41, 5.74) is 0. The van der Waals surface area contributed by atoms with Crippen molar-refractivity contribution in [2.24, 2.45) is 5.92 Å². The van der Waals surface area contributed by atoms with Crippen LogP contribution in [0.4, 0.5) is 0 Å². The molecule has 0 atom stereocenters. The molecule has 2 saturated carbocycles. The van der Waals surface area contributed by atoms with Crippen LogP contribution >= 0.6 is 0 Å². The highest BCUT2D eigenvalue weighted by Gasteiger charge is 2.24. The molecule has 0 unspecified atom stereocenters. The molecule has 2 fully saturated rings. The van der Waals surface area contributed by atoms with E-state index in [0.29, 0.717) is 0 Å². The average Bonchev–Trinajstić information content (AvgIpc) is 2.32. The van der Waals surface area contributed by atoms with Crippen LogP contribution in [0.15, 0.2) is 0 Å². The van der Waals surface area contributed by atoms with Gasteiger partial charge in [-0.25, -0.2) is 0 Å². The minimum absolute atomic E-state index is 0.838. The van der Waals surface area contributed by atoms with Crippen LogP contribution in [0.5, 0.6) is 0 Å². The molecule has 0 aromatic heterocycles. The summed E-state index contributed by atoms with van der Waals surface area (Å²) in [6.45, 7) is 4.85. The Morgan fingerprint density at radius 2 is 1.82 bits per heavy atom. The number of rotatable bonds is 6. The molecular weight excluding hydrogens is 208 g/mol. The zero-order valence-corrected chi connectivity index (χ0v) is 11.8. The number of hydrogen-bond donors (Lipinski definition) is 1. The molecule has 0 spiro atoms. The molecule has 0 saturated heterocycles. The zero-order chi connectivity index (χ0) is 12.1. The highest BCUT2D eigenvalue weighted by atomic mass is 15.1. The van der Waals surface area contributed by atoms with Crippen molar-refractivity contribution in [1.29, 1.82) is 0 Å². The first-order valence-corrected chi connectivity index (χ1v) is 7.69. The van der Waals surface area contributed by atoms with Crippen molar-refractivity contribution in [2.75, 3.05) is 20.1 Å². The molecule has 0 amide bonds. The Morgan fingerprint density at radius 1 is 1.12 bits per heavy atom. The lowest BCUT2D eigenvalue weighted by Crippen LogP contribution is -2.41. The SMILES string of the molecule is CC1CC(NCCCN(C)C2CCCCC2)C1. The quantitative estimate of drug-likeness (QED) is 0.716. The van der Waals surface area contributed by atoms with Crippen LogP contribution in [0.1, 0.15) is 58.3 Å². The Balaban J connectivity index is 1.49. The molecule has 0 bridgehead atoms. The summed E-state index contributed by atoms with van der Waals surface area (Å²) < 4.78 is 0. The average molecular weight is 238 g/mol. The van der Waals surface area contributed by atoms with E-state index < -0.39 is 0 Å². The normalized spacial score (nSPS) is 30.5. The van der Waals surface area contributed by atoms with Gasteiger partial charge in [-0.1, -0.05) is 26.2 Å². The zero-order valence-electron chi connectivity index (χ0n) is 11.8. The predicted molar refractivity (Wildman–Crippen MR) is 74.3 cm³/mol. The second-order valence-electron chi connectivity index (χ2n) is 6.35. The summed E-state index contributed by atoms with van der Waals surface area (Å²) in [5, 5.41) is 3.68. The Labute approximate surface area is 107 Å². The van der Waals surface area contributed by atoms with Crippen LogP contribution in [0, 0.1) is 5.92 Å². The smallest absolute Gasteiger partial charge is 0.00922 e. The molecule has 17 heavy (non-hydrogen) atoms. The van der Waals surface area contributed by atoms with E-state index in [9.17, 15) is 0 Å². The minimum atomic E-state index is 0.838. The largest absolute Gasteiger partial charge is 0.314 e. The molecule has 0 radical (unpaired) electrons. The summed E-state index contributed by atoms with van der Waals surface area (Å²) in [7, 11) is 2.32. The van der Waals surface area contributed by atoms with Crippen LogP contribution < -0.4 is 5.32 Å². The summed E-state index contributed by atoms with van der Waals surface area (Å²) in [5.74, 6) is 0.970. The molecule has 1 N–H and O–H groups in total. The lowest BCUT2D eigenvalue weighted by molar-refractivity contribution is 0.184. The number of hydrogen-bond acceptors (Lipinski definition) is 2. The van der Waals surface area contributed by atoms with Crippen molar-refractivity contribution in [3.63, 3.8) is 0 Å². The van der Waals surface area contributed by atoms with E-state index in [4.69, 9.17) is 0 Å². The van der Waals surface area contributed by atoms with Gasteiger partial charge in [0.2, 0.25) is 0 Å². The van der Waals surface area contributed by atoms with Gasteiger partial charge in [-0.2, -0.15) is 0 Å². The second-order valence-corrected chi connectivity index (χ2v) is 6.35. The Hall–Kier alpha value is -0.0800. The summed E-state index contributed by atoms with van der Waals surface area (Å²) >= 11 is 0. The van der Waals surface area contributed by atoms with E-state index in [2.05, 4.69) is 24.2 Å². The van der Waals surface area contributed by atoms with Crippen LogP contribution in [-0.4, -0.2) is 37.1 Å². The topological polar surface area (TPSA) is 15.3 Å². The van der Waals surface area contributed by atoms with E-state index in [1.165, 1.54) is 64.5 Å². The van der Waals surface area contributed by atoms with Gasteiger partial charge in [0, 0.05) is 12.1 Å². The second kappa shape index (κ2) is 6.75. The molecule has 2 nitrogen and oxygen atoms in total. The maximum atomic E-state index is 3.68. The predicted octanol–water partition coefficient (Wildman–Crippen LogP) is 3.03. The van der Waals surface area contributed by atoms with Gasteiger partial charge in [0.05, 0.1) is 0 Å². The Morgan fingerprint density at radius 3 is 2.47 bits per heavy atom. The van der Waals surface area contributed by atoms with Gasteiger partial charge < -0.3 is 10.2 Å². The fourth-order valence-electron chi connectivity index (χ4n) is 3.41. The number of nitrogens with one attached hydrogen (secondary N) is 1. The van der Waals surface area contributed by atoms with Crippen molar-refractivity contribution in [3.05, 3.63) is 0 Å². The molecular formula is C15H30N2. The summed E-state index contributed by atoms with van der Waals surface area (Å²) in [6.07, 6.45) is 11.4. The van der Waals surface area contributed by atoms with Crippen LogP contribution in [0.3, 0.4) is 0 Å². The maximum Gasteiger partial charge on any atom is 0.00922 e. The Bertz CT molecular complexity index is 205. The standard InChI is InChI=1S/C15H30N2/c1-13-11-14(12-13)16-9-6-10-17(2)15-7-4-3-5-8-15/h13-16H,3-12H2,1-2H3.